The van der Waals surface area contributed by atoms with Crippen LogP contribution in [0.4, 0.5) is 28.1 Å². The Morgan fingerprint density at radius 1 is 1.24 bits per heavy atom. The van der Waals surface area contributed by atoms with Gasteiger partial charge in [0.2, 0.25) is 0 Å². The summed E-state index contributed by atoms with van der Waals surface area (Å²) in [7, 11) is 0. The van der Waals surface area contributed by atoms with Gasteiger partial charge in [-0.3, -0.25) is 10.1 Å². The van der Waals surface area contributed by atoms with Crippen molar-refractivity contribution in [3.8, 4) is 0 Å². The molecule has 0 aliphatic carbocycles. The fraction of sp³-hybridized carbons (Fsp3) is 0.353. The smallest absolute Gasteiger partial charge is 0.416 e. The minimum absolute atomic E-state index is 0.000554. The number of hydrogen-bond donors (Lipinski definition) is 3. The van der Waals surface area contributed by atoms with E-state index >= 15 is 0 Å². The lowest BCUT2D eigenvalue weighted by Gasteiger charge is -2.25. The summed E-state index contributed by atoms with van der Waals surface area (Å²) < 4.78 is 44.5. The Bertz CT molecular complexity index is 897. The topological polar surface area (TPSA) is 104 Å². The maximum Gasteiger partial charge on any atom is 0.416 e. The Morgan fingerprint density at radius 3 is 2.59 bits per heavy atom. The van der Waals surface area contributed by atoms with Gasteiger partial charge in [0.05, 0.1) is 18.8 Å². The highest BCUT2D eigenvalue weighted by Crippen LogP contribution is 2.33. The predicted molar refractivity (Wildman–Crippen MR) is 99.4 cm³/mol. The number of alkyl halides is 3. The summed E-state index contributed by atoms with van der Waals surface area (Å²) in [6.07, 6.45) is -5.93. The maximum absolute atomic E-state index is 13.1. The number of carbonyl (C=O) groups is 2. The summed E-state index contributed by atoms with van der Waals surface area (Å²) in [5.41, 5.74) is -1.15. The molecule has 1 fully saturated rings. The largest absolute Gasteiger partial charge is 0.465 e. The fourth-order valence-electron chi connectivity index (χ4n) is 2.74. The molecule has 1 aliphatic heterocycles. The second-order valence-electron chi connectivity index (χ2n) is 6.04. The first-order chi connectivity index (χ1) is 13.8. The van der Waals surface area contributed by atoms with Crippen LogP contribution in [0, 0.1) is 0 Å². The third kappa shape index (κ3) is 5.15. The van der Waals surface area contributed by atoms with E-state index in [0.717, 1.165) is 17.4 Å². The zero-order valence-corrected chi connectivity index (χ0v) is 15.8. The average molecular weight is 430 g/mol. The number of thiazole rings is 1. The van der Waals surface area contributed by atoms with Gasteiger partial charge in [-0.2, -0.15) is 13.2 Å². The number of benzene rings is 1. The minimum Gasteiger partial charge on any atom is -0.465 e. The van der Waals surface area contributed by atoms with Crippen LogP contribution >= 0.6 is 11.3 Å². The maximum atomic E-state index is 13.1. The molecule has 29 heavy (non-hydrogen) atoms. The molecule has 12 heteroatoms. The van der Waals surface area contributed by atoms with Crippen molar-refractivity contribution in [2.24, 2.45) is 0 Å². The van der Waals surface area contributed by atoms with Gasteiger partial charge in [-0.25, -0.2) is 9.78 Å². The Hall–Kier alpha value is -2.86. The summed E-state index contributed by atoms with van der Waals surface area (Å²) >= 11 is 0.978. The molecule has 3 rings (SSSR count). The molecule has 1 aliphatic rings. The zero-order chi connectivity index (χ0) is 21.0. The van der Waals surface area contributed by atoms with Crippen LogP contribution in [0.5, 0.6) is 0 Å². The number of morpholine rings is 1. The molecule has 0 saturated carbocycles. The van der Waals surface area contributed by atoms with Crippen LogP contribution in [0.3, 0.4) is 0 Å². The third-order valence-electron chi connectivity index (χ3n) is 4.10. The molecule has 2 heterocycles. The summed E-state index contributed by atoms with van der Waals surface area (Å²) in [6, 6.07) is 4.89. The number of nitrogens with one attached hydrogen (secondary N) is 2. The van der Waals surface area contributed by atoms with Gasteiger partial charge in [-0.05, 0) is 11.6 Å². The van der Waals surface area contributed by atoms with Crippen molar-refractivity contribution >= 4 is 33.5 Å². The lowest BCUT2D eigenvalue weighted by Crippen LogP contribution is -2.36. The lowest BCUT2D eigenvalue weighted by molar-refractivity contribution is -0.138. The molecule has 3 N–H and O–H groups in total. The van der Waals surface area contributed by atoms with E-state index in [0.29, 0.717) is 31.4 Å². The van der Waals surface area contributed by atoms with Crippen molar-refractivity contribution in [2.45, 2.75) is 12.7 Å². The molecule has 1 saturated heterocycles. The highest BCUT2D eigenvalue weighted by Gasteiger charge is 2.33. The molecule has 2 aromatic rings. The van der Waals surface area contributed by atoms with Gasteiger partial charge < -0.3 is 20.1 Å². The van der Waals surface area contributed by atoms with Gasteiger partial charge in [0, 0.05) is 19.6 Å². The molecule has 0 unspecified atom stereocenters. The van der Waals surface area contributed by atoms with Crippen LogP contribution in [0.25, 0.3) is 0 Å². The molecule has 1 aromatic heterocycles. The molecule has 156 valence electrons. The van der Waals surface area contributed by atoms with Gasteiger partial charge in [-0.15, -0.1) is 0 Å². The number of anilines is 2. The first-order valence-electron chi connectivity index (χ1n) is 8.52. The van der Waals surface area contributed by atoms with E-state index in [9.17, 15) is 22.8 Å². The monoisotopic (exact) mass is 430 g/mol. The van der Waals surface area contributed by atoms with E-state index in [4.69, 9.17) is 9.84 Å². The molecule has 1 aromatic carbocycles. The van der Waals surface area contributed by atoms with Crippen LogP contribution in [-0.4, -0.2) is 48.4 Å². The lowest BCUT2D eigenvalue weighted by atomic mass is 10.1. The van der Waals surface area contributed by atoms with Gasteiger partial charge in [-0.1, -0.05) is 29.5 Å². The molecule has 0 radical (unpaired) electrons. The van der Waals surface area contributed by atoms with Gasteiger partial charge in [0.25, 0.3) is 5.91 Å². The number of hydrogen-bond acceptors (Lipinski definition) is 6. The highest BCUT2D eigenvalue weighted by atomic mass is 32.1. The standard InChI is InChI=1S/C17H17F3N4O4S/c18-17(19,20)11-4-2-1-3-10(11)9-21-13(25)12-14(23-16(26)27)29-15(22-12)24-5-7-28-8-6-24/h1-4,23H,5-9H2,(H,21,25)(H,26,27). The van der Waals surface area contributed by atoms with Crippen molar-refractivity contribution in [2.75, 3.05) is 36.5 Å². The van der Waals surface area contributed by atoms with Crippen molar-refractivity contribution in [1.82, 2.24) is 10.3 Å². The summed E-state index contributed by atoms with van der Waals surface area (Å²) in [6.45, 7) is 1.61. The Kier molecular flexibility index (Phi) is 6.23. The van der Waals surface area contributed by atoms with Crippen LogP contribution < -0.4 is 15.5 Å². The first kappa shape index (κ1) is 20.9. The summed E-state index contributed by atoms with van der Waals surface area (Å²) in [5.74, 6) is -0.776. The van der Waals surface area contributed by atoms with Crippen molar-refractivity contribution in [1.29, 1.82) is 0 Å². The van der Waals surface area contributed by atoms with Gasteiger partial charge in [0.1, 0.15) is 5.00 Å². The number of aromatic nitrogens is 1. The second kappa shape index (κ2) is 8.66. The van der Waals surface area contributed by atoms with Crippen molar-refractivity contribution in [3.63, 3.8) is 0 Å². The number of halogens is 3. The van der Waals surface area contributed by atoms with Crippen molar-refractivity contribution in [3.05, 3.63) is 41.1 Å². The highest BCUT2D eigenvalue weighted by molar-refractivity contribution is 7.20. The van der Waals surface area contributed by atoms with Crippen molar-refractivity contribution < 1.29 is 32.6 Å². The Labute approximate surface area is 167 Å². The Morgan fingerprint density at radius 2 is 1.93 bits per heavy atom. The zero-order valence-electron chi connectivity index (χ0n) is 15.0. The second-order valence-corrected chi connectivity index (χ2v) is 7.02. The van der Waals surface area contributed by atoms with E-state index in [2.05, 4.69) is 15.6 Å². The summed E-state index contributed by atoms with van der Waals surface area (Å²) in [5, 5.41) is 13.9. The van der Waals surface area contributed by atoms with Gasteiger partial charge >= 0.3 is 12.3 Å². The first-order valence-corrected chi connectivity index (χ1v) is 9.34. The summed E-state index contributed by atoms with van der Waals surface area (Å²) in [4.78, 5) is 29.6. The Balaban J connectivity index is 1.79. The molecule has 0 atom stereocenters. The number of ether oxygens (including phenoxy) is 1. The average Bonchev–Trinajstić information content (AvgIpc) is 3.09. The van der Waals surface area contributed by atoms with E-state index in [1.807, 2.05) is 4.90 Å². The van der Waals surface area contributed by atoms with Crippen LogP contribution in [0.15, 0.2) is 24.3 Å². The number of rotatable bonds is 5. The molecule has 0 spiro atoms. The normalized spacial score (nSPS) is 14.5. The third-order valence-corrected chi connectivity index (χ3v) is 5.13. The van der Waals surface area contributed by atoms with Crippen LogP contribution in [-0.2, 0) is 17.5 Å². The molecule has 8 nitrogen and oxygen atoms in total. The molecular formula is C17H17F3N4O4S. The predicted octanol–water partition coefficient (Wildman–Crippen LogP) is 3.02. The van der Waals surface area contributed by atoms with Crippen LogP contribution in [0.1, 0.15) is 21.6 Å². The van der Waals surface area contributed by atoms with Crippen LogP contribution in [0.2, 0.25) is 0 Å². The molecule has 0 bridgehead atoms. The molecule has 2 amide bonds. The van der Waals surface area contributed by atoms with E-state index in [1.54, 1.807) is 0 Å². The SMILES string of the molecule is O=C(O)Nc1sc(N2CCOCC2)nc1C(=O)NCc1ccccc1C(F)(F)F. The number of amides is 2. The van der Waals surface area contributed by atoms with E-state index < -0.39 is 23.7 Å². The fourth-order valence-corrected chi connectivity index (χ4v) is 3.75. The number of carboxylic acid groups (broad SMARTS) is 1. The minimum atomic E-state index is -4.55. The number of carbonyl (C=O) groups excluding carboxylic acids is 1. The molecular weight excluding hydrogens is 413 g/mol. The number of nitrogens with zero attached hydrogens (tertiary/aromatic N) is 2. The van der Waals surface area contributed by atoms with E-state index in [1.165, 1.54) is 18.2 Å². The van der Waals surface area contributed by atoms with E-state index in [-0.39, 0.29) is 22.8 Å². The quantitative estimate of drug-likeness (QED) is 0.674. The van der Waals surface area contributed by atoms with Gasteiger partial charge in [0.15, 0.2) is 10.8 Å².